The van der Waals surface area contributed by atoms with E-state index < -0.39 is 5.97 Å². The second-order valence-corrected chi connectivity index (χ2v) is 7.94. The third kappa shape index (κ3) is 51.4. The van der Waals surface area contributed by atoms with E-state index in [1.807, 2.05) is 0 Å². The molecule has 0 rings (SSSR count). The van der Waals surface area contributed by atoms with Crippen LogP contribution in [0.25, 0.3) is 0 Å². The van der Waals surface area contributed by atoms with Crippen LogP contribution in [0.2, 0.25) is 0 Å². The summed E-state index contributed by atoms with van der Waals surface area (Å²) in [5.74, 6) is -0.935. The number of carbonyl (C=O) groups is 2. The van der Waals surface area contributed by atoms with Crippen LogP contribution in [0.4, 0.5) is 0 Å². The fourth-order valence-corrected chi connectivity index (χ4v) is 2.43. The molecule has 0 aliphatic rings. The summed E-state index contributed by atoms with van der Waals surface area (Å²) in [5, 5.41) is 25.3. The molecule has 0 unspecified atom stereocenters. The molecule has 0 fully saturated rings. The minimum absolute atomic E-state index is 0.0248. The van der Waals surface area contributed by atoms with Crippen molar-refractivity contribution in [3.05, 3.63) is 0 Å². The molecule has 0 atom stereocenters. The van der Waals surface area contributed by atoms with Gasteiger partial charge in [0.15, 0.2) is 0 Å². The number of rotatable bonds is 32. The van der Waals surface area contributed by atoms with E-state index >= 15 is 0 Å². The van der Waals surface area contributed by atoms with Crippen LogP contribution in [-0.4, -0.2) is 190 Å². The first-order valence-corrected chi connectivity index (χ1v) is 15.1. The van der Waals surface area contributed by atoms with Gasteiger partial charge in [0, 0.05) is 0 Å². The van der Waals surface area contributed by atoms with E-state index in [0.717, 1.165) is 6.21 Å². The van der Waals surface area contributed by atoms with Crippen LogP contribution in [0.3, 0.4) is 0 Å². The zero-order valence-corrected chi connectivity index (χ0v) is 27.4. The lowest BCUT2D eigenvalue weighted by atomic mass is 10.6. The number of aliphatic hydroxyl groups excluding tert-OH is 3. The van der Waals surface area contributed by atoms with Crippen molar-refractivity contribution in [3.63, 3.8) is 0 Å². The molecule has 18 heteroatoms. The summed E-state index contributed by atoms with van der Waals surface area (Å²) < 4.78 is 55.3. The van der Waals surface area contributed by atoms with Crippen LogP contribution >= 0.6 is 0 Å². The number of nitrogens with one attached hydrogen (secondary N) is 1. The molecule has 46 heavy (non-hydrogen) atoms. The second-order valence-electron chi connectivity index (χ2n) is 7.94. The van der Waals surface area contributed by atoms with Gasteiger partial charge in [-0.2, -0.15) is 0 Å². The lowest BCUT2D eigenvalue weighted by Gasteiger charge is -2.07. The molecule has 0 saturated carbocycles. The highest BCUT2D eigenvalue weighted by molar-refractivity contribution is 6.20. The number of hydrogen-bond donors (Lipinski definition) is 4. The van der Waals surface area contributed by atoms with Crippen molar-refractivity contribution >= 4 is 18.2 Å². The molecule has 0 spiro atoms. The topological polar surface area (TPSA) is 234 Å². The molecule has 274 valence electrons. The zero-order chi connectivity index (χ0) is 34.6. The molecule has 0 bridgehead atoms. The van der Waals surface area contributed by atoms with Crippen LogP contribution in [0.1, 0.15) is 13.8 Å². The summed E-state index contributed by atoms with van der Waals surface area (Å²) in [6.45, 7) is 11.8. The first-order chi connectivity index (χ1) is 22.5. The van der Waals surface area contributed by atoms with Gasteiger partial charge in [-0.05, 0) is 13.8 Å². The highest BCUT2D eigenvalue weighted by Gasteiger charge is 2.01. The Morgan fingerprint density at radius 3 is 1.04 bits per heavy atom. The van der Waals surface area contributed by atoms with E-state index in [1.54, 1.807) is 13.8 Å². The van der Waals surface area contributed by atoms with Crippen molar-refractivity contribution < 1.29 is 81.8 Å². The summed E-state index contributed by atoms with van der Waals surface area (Å²) in [6, 6.07) is 0. The molecule has 0 saturated heterocycles. The van der Waals surface area contributed by atoms with E-state index in [9.17, 15) is 9.59 Å². The van der Waals surface area contributed by atoms with Crippen LogP contribution in [0, 0.1) is 5.53 Å². The fourth-order valence-electron chi connectivity index (χ4n) is 2.43. The SMILES string of the molecule is CCOC(=O)C=[N+]=N.CCOC(=O)COCCOCCOCCOCCOCCO.OCCOCCOCCOCCOCCO. The van der Waals surface area contributed by atoms with Gasteiger partial charge in [0.25, 0.3) is 0 Å². The van der Waals surface area contributed by atoms with Crippen molar-refractivity contribution in [2.24, 2.45) is 0 Å². The Bertz CT molecular complexity index is 643. The van der Waals surface area contributed by atoms with Gasteiger partial charge in [-0.1, -0.05) is 0 Å². The van der Waals surface area contributed by atoms with Crippen LogP contribution in [-0.2, 0) is 61.7 Å². The van der Waals surface area contributed by atoms with E-state index in [2.05, 4.69) is 9.53 Å². The first kappa shape index (κ1) is 48.2. The Hall–Kier alpha value is -2.16. The lowest BCUT2D eigenvalue weighted by Crippen LogP contribution is -2.16. The van der Waals surface area contributed by atoms with Gasteiger partial charge in [-0.15, -0.1) is 0 Å². The number of ether oxygens (including phenoxy) is 11. The first-order valence-electron chi connectivity index (χ1n) is 15.1. The molecule has 0 radical (unpaired) electrons. The van der Waals surface area contributed by atoms with Crippen LogP contribution < -0.4 is 0 Å². The molecular weight excluding hydrogens is 620 g/mol. The summed E-state index contributed by atoms with van der Waals surface area (Å²) in [4.78, 5) is 23.8. The Balaban J connectivity index is -0.000000670. The van der Waals surface area contributed by atoms with Crippen molar-refractivity contribution in [1.82, 2.24) is 0 Å². The van der Waals surface area contributed by atoms with Crippen LogP contribution in [0.5, 0.6) is 0 Å². The lowest BCUT2D eigenvalue weighted by molar-refractivity contribution is -0.149. The van der Waals surface area contributed by atoms with Gasteiger partial charge in [0.2, 0.25) is 0 Å². The van der Waals surface area contributed by atoms with Gasteiger partial charge in [0.05, 0.1) is 156 Å². The molecule has 0 aliphatic carbocycles. The highest BCUT2D eigenvalue weighted by atomic mass is 16.6. The molecule has 0 amide bonds. The third-order valence-corrected chi connectivity index (χ3v) is 4.29. The summed E-state index contributed by atoms with van der Waals surface area (Å²) in [5.41, 5.74) is 6.18. The van der Waals surface area contributed by atoms with Gasteiger partial charge in [-0.25, -0.2) is 9.59 Å². The average molecular weight is 678 g/mol. The third-order valence-electron chi connectivity index (χ3n) is 4.29. The Morgan fingerprint density at radius 1 is 0.500 bits per heavy atom. The van der Waals surface area contributed by atoms with E-state index in [-0.39, 0.29) is 32.4 Å². The van der Waals surface area contributed by atoms with Gasteiger partial charge in [0.1, 0.15) is 6.61 Å². The maximum Gasteiger partial charge on any atom is 0.418 e. The van der Waals surface area contributed by atoms with Gasteiger partial charge >= 0.3 is 18.2 Å². The number of esters is 2. The number of nitrogens with zero attached hydrogens (tertiary/aromatic N) is 1. The smallest absolute Gasteiger partial charge is 0.418 e. The van der Waals surface area contributed by atoms with E-state index in [4.69, 9.17) is 68.2 Å². The minimum Gasteiger partial charge on any atom is -0.464 e. The van der Waals surface area contributed by atoms with Crippen molar-refractivity contribution in [2.45, 2.75) is 13.8 Å². The number of hydrogen-bond acceptors (Lipinski definition) is 17. The average Bonchev–Trinajstić information content (AvgIpc) is 3.04. The van der Waals surface area contributed by atoms with Gasteiger partial charge < -0.3 is 67.4 Å². The van der Waals surface area contributed by atoms with Crippen molar-refractivity contribution in [1.29, 1.82) is 5.53 Å². The van der Waals surface area contributed by atoms with E-state index in [0.29, 0.717) is 126 Å². The monoisotopic (exact) mass is 677 g/mol. The molecule has 0 aromatic carbocycles. The molecule has 18 nitrogen and oxygen atoms in total. The molecule has 0 heterocycles. The van der Waals surface area contributed by atoms with Crippen molar-refractivity contribution in [2.75, 3.05) is 152 Å². The normalized spacial score (nSPS) is 10.2. The quantitative estimate of drug-likeness (QED) is 0.0209. The molecular formula is C28H57N2O16+. The molecule has 0 aromatic rings. The predicted molar refractivity (Wildman–Crippen MR) is 161 cm³/mol. The largest absolute Gasteiger partial charge is 0.464 e. The number of aliphatic hydroxyl groups is 3. The maximum absolute atomic E-state index is 10.9. The second kappa shape index (κ2) is 47.2. The Morgan fingerprint density at radius 2 is 0.783 bits per heavy atom. The number of carbonyl (C=O) groups excluding carboxylic acids is 2. The van der Waals surface area contributed by atoms with Crippen molar-refractivity contribution in [3.8, 4) is 0 Å². The Kier molecular flexibility index (Phi) is 49.5. The van der Waals surface area contributed by atoms with Gasteiger partial charge in [-0.3, -0.25) is 0 Å². The predicted octanol–water partition coefficient (Wildman–Crippen LogP) is -1.48. The highest BCUT2D eigenvalue weighted by Crippen LogP contribution is 1.86. The zero-order valence-electron chi connectivity index (χ0n) is 27.4. The van der Waals surface area contributed by atoms with Crippen LogP contribution in [0.15, 0.2) is 0 Å². The molecule has 4 N–H and O–H groups in total. The maximum atomic E-state index is 10.9. The fraction of sp³-hybridized carbons (Fsp3) is 0.893. The molecule has 0 aliphatic heterocycles. The summed E-state index contributed by atoms with van der Waals surface area (Å²) in [7, 11) is 0. The standard InChI is InChI=1S/C14H28O8.C10H22O6.C4H7N2O2/c1-2-22-14(16)13-21-12-11-20-10-9-19-8-7-18-6-5-17-4-3-15;11-1-3-13-5-7-15-9-10-16-8-6-14-4-2-12;1-2-8-4(7)3-6-5/h15H,2-13H2,1H3;11-12H,1-10H2;3,5H,2H2,1H3/q;;+1. The molecule has 0 aromatic heterocycles. The Labute approximate surface area is 271 Å². The van der Waals surface area contributed by atoms with E-state index in [1.165, 1.54) is 0 Å². The summed E-state index contributed by atoms with van der Waals surface area (Å²) >= 11 is 0. The minimum atomic E-state index is -0.567. The summed E-state index contributed by atoms with van der Waals surface area (Å²) in [6.07, 6.45) is 0.809.